The number of benzene rings is 1. The van der Waals surface area contributed by atoms with Crippen molar-refractivity contribution in [2.75, 3.05) is 13.1 Å². The molecule has 3 rings (SSSR count). The summed E-state index contributed by atoms with van der Waals surface area (Å²) >= 11 is 0. The van der Waals surface area contributed by atoms with Gasteiger partial charge in [-0.1, -0.05) is 43.2 Å². The Balaban J connectivity index is 1.42. The number of amides is 2. The second kappa shape index (κ2) is 10.8. The van der Waals surface area contributed by atoms with E-state index >= 15 is 0 Å². The van der Waals surface area contributed by atoms with Crippen molar-refractivity contribution in [3.63, 3.8) is 0 Å². The zero-order valence-corrected chi connectivity index (χ0v) is 19.1. The van der Waals surface area contributed by atoms with Crippen LogP contribution < -0.4 is 10.6 Å². The van der Waals surface area contributed by atoms with E-state index in [2.05, 4.69) is 10.6 Å². The summed E-state index contributed by atoms with van der Waals surface area (Å²) in [6.07, 6.45) is 5.46. The molecule has 2 fully saturated rings. The van der Waals surface area contributed by atoms with Gasteiger partial charge in [0, 0.05) is 31.2 Å². The van der Waals surface area contributed by atoms with Gasteiger partial charge in [-0.05, 0) is 52.0 Å². The van der Waals surface area contributed by atoms with Crippen LogP contribution in [-0.2, 0) is 16.1 Å². The minimum atomic E-state index is -0.496. The van der Waals surface area contributed by atoms with E-state index in [0.29, 0.717) is 25.7 Å². The molecule has 2 N–H and O–H groups in total. The topological polar surface area (TPSA) is 79.9 Å². The first kappa shape index (κ1) is 23.4. The van der Waals surface area contributed by atoms with E-state index in [-0.39, 0.29) is 24.3 Å². The molecule has 1 saturated carbocycles. The molecule has 1 aromatic rings. The van der Waals surface area contributed by atoms with Gasteiger partial charge in [-0.2, -0.15) is 0 Å². The Morgan fingerprint density at radius 2 is 1.65 bits per heavy atom. The van der Waals surface area contributed by atoms with E-state index in [9.17, 15) is 9.59 Å². The Hall–Kier alpha value is -2.28. The summed E-state index contributed by atoms with van der Waals surface area (Å²) in [4.78, 5) is 26.4. The molecule has 1 heterocycles. The van der Waals surface area contributed by atoms with Crippen LogP contribution in [0, 0.1) is 0 Å². The molecule has 31 heavy (non-hydrogen) atoms. The van der Waals surface area contributed by atoms with Crippen molar-refractivity contribution in [2.45, 2.75) is 89.6 Å². The van der Waals surface area contributed by atoms with Crippen LogP contribution in [0.25, 0.3) is 0 Å². The van der Waals surface area contributed by atoms with Crippen molar-refractivity contribution in [3.05, 3.63) is 35.9 Å². The first-order chi connectivity index (χ1) is 14.8. The lowest BCUT2D eigenvalue weighted by molar-refractivity contribution is 0.0470. The van der Waals surface area contributed by atoms with Crippen LogP contribution in [0.4, 0.5) is 9.59 Å². The van der Waals surface area contributed by atoms with E-state index in [4.69, 9.17) is 9.47 Å². The summed E-state index contributed by atoms with van der Waals surface area (Å²) in [5, 5.41) is 6.81. The summed E-state index contributed by atoms with van der Waals surface area (Å²) in [5.41, 5.74) is 0.497. The van der Waals surface area contributed by atoms with Crippen LogP contribution in [0.3, 0.4) is 0 Å². The molecule has 0 spiro atoms. The minimum absolute atomic E-state index is 0.0810. The lowest BCUT2D eigenvalue weighted by Gasteiger charge is -2.38. The molecule has 2 amide bonds. The molecule has 7 nitrogen and oxygen atoms in total. The van der Waals surface area contributed by atoms with Gasteiger partial charge in [0.25, 0.3) is 0 Å². The van der Waals surface area contributed by atoms with Crippen molar-refractivity contribution in [3.8, 4) is 0 Å². The molecule has 172 valence electrons. The fourth-order valence-electron chi connectivity index (χ4n) is 4.30. The van der Waals surface area contributed by atoms with E-state index < -0.39 is 5.60 Å². The van der Waals surface area contributed by atoms with E-state index in [1.54, 1.807) is 4.90 Å². The van der Waals surface area contributed by atoms with Crippen molar-refractivity contribution in [1.29, 1.82) is 0 Å². The lowest BCUT2D eigenvalue weighted by Crippen LogP contribution is -2.56. The van der Waals surface area contributed by atoms with Gasteiger partial charge in [0.05, 0.1) is 0 Å². The van der Waals surface area contributed by atoms with Crippen molar-refractivity contribution >= 4 is 12.2 Å². The Morgan fingerprint density at radius 3 is 2.29 bits per heavy atom. The predicted molar refractivity (Wildman–Crippen MR) is 120 cm³/mol. The van der Waals surface area contributed by atoms with Crippen molar-refractivity contribution in [2.24, 2.45) is 0 Å². The van der Waals surface area contributed by atoms with Gasteiger partial charge in [-0.15, -0.1) is 0 Å². The maximum Gasteiger partial charge on any atom is 0.410 e. The molecule has 1 aromatic carbocycles. The molecule has 2 atom stereocenters. The van der Waals surface area contributed by atoms with Gasteiger partial charge in [0.15, 0.2) is 0 Å². The van der Waals surface area contributed by atoms with Crippen LogP contribution in [0.2, 0.25) is 0 Å². The second-order valence-electron chi connectivity index (χ2n) is 9.61. The number of carbonyl (C=O) groups excluding carboxylic acids is 2. The highest BCUT2D eigenvalue weighted by Gasteiger charge is 2.31. The average molecular weight is 432 g/mol. The number of likely N-dealkylation sites (tertiary alicyclic amines) is 1. The number of piperidine rings is 1. The highest BCUT2D eigenvalue weighted by Crippen LogP contribution is 2.22. The maximum atomic E-state index is 12.4. The molecule has 2 aliphatic rings. The molecule has 1 aliphatic carbocycles. The van der Waals surface area contributed by atoms with Gasteiger partial charge in [-0.25, -0.2) is 9.59 Å². The fourth-order valence-corrected chi connectivity index (χ4v) is 4.30. The molecular weight excluding hydrogens is 394 g/mol. The van der Waals surface area contributed by atoms with E-state index in [0.717, 1.165) is 44.1 Å². The van der Waals surface area contributed by atoms with Gasteiger partial charge in [0.2, 0.25) is 0 Å². The van der Waals surface area contributed by atoms with Crippen LogP contribution in [0.15, 0.2) is 30.3 Å². The summed E-state index contributed by atoms with van der Waals surface area (Å²) in [7, 11) is 0. The first-order valence-electron chi connectivity index (χ1n) is 11.5. The van der Waals surface area contributed by atoms with Gasteiger partial charge in [0.1, 0.15) is 12.2 Å². The van der Waals surface area contributed by atoms with Crippen molar-refractivity contribution in [1.82, 2.24) is 15.5 Å². The lowest BCUT2D eigenvalue weighted by atomic mass is 9.89. The monoisotopic (exact) mass is 431 g/mol. The zero-order chi connectivity index (χ0) is 22.3. The Labute approximate surface area is 185 Å². The highest BCUT2D eigenvalue weighted by atomic mass is 16.6. The van der Waals surface area contributed by atoms with Crippen LogP contribution in [-0.4, -0.2) is 53.9 Å². The molecule has 7 heteroatoms. The van der Waals surface area contributed by atoms with Crippen molar-refractivity contribution < 1.29 is 19.1 Å². The largest absolute Gasteiger partial charge is 0.445 e. The molecule has 1 aliphatic heterocycles. The van der Waals surface area contributed by atoms with Crippen LogP contribution in [0.5, 0.6) is 0 Å². The highest BCUT2D eigenvalue weighted by molar-refractivity contribution is 5.68. The number of rotatable bonds is 5. The van der Waals surface area contributed by atoms with Gasteiger partial charge in [-0.3, -0.25) is 0 Å². The molecule has 0 unspecified atom stereocenters. The Bertz CT molecular complexity index is 711. The zero-order valence-electron chi connectivity index (χ0n) is 19.1. The SMILES string of the molecule is CC(C)(C)OC(=O)N[C@H]1CCCC[C@@H]1NC1CCN(C(=O)OCc2ccccc2)CC1. The smallest absolute Gasteiger partial charge is 0.410 e. The van der Waals surface area contributed by atoms with Gasteiger partial charge < -0.3 is 25.0 Å². The molecule has 0 aromatic heterocycles. The van der Waals surface area contributed by atoms with E-state index in [1.165, 1.54) is 0 Å². The van der Waals surface area contributed by atoms with Crippen LogP contribution >= 0.6 is 0 Å². The number of alkyl carbamates (subject to hydrolysis) is 1. The first-order valence-corrected chi connectivity index (χ1v) is 11.5. The maximum absolute atomic E-state index is 12.4. The summed E-state index contributed by atoms with van der Waals surface area (Å²) < 4.78 is 10.9. The number of nitrogens with zero attached hydrogens (tertiary/aromatic N) is 1. The normalized spacial score (nSPS) is 22.6. The fraction of sp³-hybridized carbons (Fsp3) is 0.667. The van der Waals surface area contributed by atoms with Crippen LogP contribution in [0.1, 0.15) is 64.9 Å². The number of carbonyl (C=O) groups is 2. The third-order valence-electron chi connectivity index (χ3n) is 5.88. The molecular formula is C24H37N3O4. The predicted octanol–water partition coefficient (Wildman–Crippen LogP) is 4.21. The molecule has 0 radical (unpaired) electrons. The standard InChI is InChI=1S/C24H37N3O4/c1-24(2,3)31-22(28)26-21-12-8-7-11-20(21)25-19-13-15-27(16-14-19)23(29)30-17-18-9-5-4-6-10-18/h4-6,9-10,19-21,25H,7-8,11-17H2,1-3H3,(H,26,28)/t20-,21-/m0/s1. The number of nitrogens with one attached hydrogen (secondary N) is 2. The summed E-state index contributed by atoms with van der Waals surface area (Å²) in [5.74, 6) is 0. The molecule has 1 saturated heterocycles. The Morgan fingerprint density at radius 1 is 1.00 bits per heavy atom. The van der Waals surface area contributed by atoms with E-state index in [1.807, 2.05) is 51.1 Å². The average Bonchev–Trinajstić information content (AvgIpc) is 2.73. The second-order valence-corrected chi connectivity index (χ2v) is 9.61. The summed E-state index contributed by atoms with van der Waals surface area (Å²) in [6, 6.07) is 10.4. The third kappa shape index (κ3) is 7.73. The Kier molecular flexibility index (Phi) is 8.18. The van der Waals surface area contributed by atoms with Gasteiger partial charge >= 0.3 is 12.2 Å². The number of hydrogen-bond donors (Lipinski definition) is 2. The number of ether oxygens (including phenoxy) is 2. The number of hydrogen-bond acceptors (Lipinski definition) is 5. The quantitative estimate of drug-likeness (QED) is 0.730. The molecule has 0 bridgehead atoms. The third-order valence-corrected chi connectivity index (χ3v) is 5.88. The minimum Gasteiger partial charge on any atom is -0.445 e. The summed E-state index contributed by atoms with van der Waals surface area (Å²) in [6.45, 7) is 7.30.